The van der Waals surface area contributed by atoms with Crippen LogP contribution in [0.3, 0.4) is 0 Å². The van der Waals surface area contributed by atoms with Gasteiger partial charge in [0.05, 0.1) is 11.6 Å². The summed E-state index contributed by atoms with van der Waals surface area (Å²) in [6.45, 7) is 2.58. The molecular weight excluding hydrogens is 293 g/mol. The van der Waals surface area contributed by atoms with E-state index in [4.69, 9.17) is 0 Å². The molecule has 2 rings (SSSR count). The van der Waals surface area contributed by atoms with Gasteiger partial charge in [-0.2, -0.15) is 13.2 Å². The third kappa shape index (κ3) is 4.73. The van der Waals surface area contributed by atoms with Crippen LogP contribution in [0.25, 0.3) is 0 Å². The Hall–Kier alpha value is -1.56. The number of amides is 1. The van der Waals surface area contributed by atoms with Crippen molar-refractivity contribution in [1.82, 2.24) is 10.6 Å². The van der Waals surface area contributed by atoms with Crippen LogP contribution >= 0.6 is 0 Å². The summed E-state index contributed by atoms with van der Waals surface area (Å²) in [4.78, 5) is 11.9. The van der Waals surface area contributed by atoms with Gasteiger partial charge in [-0.05, 0) is 44.2 Å². The molecule has 122 valence electrons. The highest BCUT2D eigenvalue weighted by atomic mass is 19.4. The zero-order valence-electron chi connectivity index (χ0n) is 12.5. The van der Waals surface area contributed by atoms with Gasteiger partial charge in [-0.1, -0.05) is 18.2 Å². The summed E-state index contributed by atoms with van der Waals surface area (Å²) < 4.78 is 38.1. The van der Waals surface area contributed by atoms with Crippen LogP contribution < -0.4 is 10.6 Å². The van der Waals surface area contributed by atoms with Crippen LogP contribution in [0.4, 0.5) is 13.2 Å². The van der Waals surface area contributed by atoms with Crippen LogP contribution in [0, 0.1) is 0 Å². The van der Waals surface area contributed by atoms with Crippen molar-refractivity contribution in [2.75, 3.05) is 6.54 Å². The molecule has 1 aromatic rings. The Bertz CT molecular complexity index is 516. The molecule has 22 heavy (non-hydrogen) atoms. The second-order valence-corrected chi connectivity index (χ2v) is 5.81. The van der Waals surface area contributed by atoms with Crippen LogP contribution in [0.1, 0.15) is 37.3 Å². The van der Waals surface area contributed by atoms with E-state index in [1.807, 2.05) is 6.92 Å². The van der Waals surface area contributed by atoms with Gasteiger partial charge in [0.15, 0.2) is 0 Å². The van der Waals surface area contributed by atoms with Crippen molar-refractivity contribution in [3.05, 3.63) is 35.4 Å². The lowest BCUT2D eigenvalue weighted by Gasteiger charge is -2.21. The molecule has 2 atom stereocenters. The lowest BCUT2D eigenvalue weighted by atomic mass is 10.0. The van der Waals surface area contributed by atoms with Gasteiger partial charge in [-0.25, -0.2) is 0 Å². The van der Waals surface area contributed by atoms with Gasteiger partial charge in [0.25, 0.3) is 0 Å². The van der Waals surface area contributed by atoms with Crippen molar-refractivity contribution < 1.29 is 18.0 Å². The van der Waals surface area contributed by atoms with E-state index >= 15 is 0 Å². The molecule has 6 heteroatoms. The van der Waals surface area contributed by atoms with E-state index in [1.54, 1.807) is 6.07 Å². The molecule has 1 saturated heterocycles. The molecule has 0 spiro atoms. The third-order valence-electron chi connectivity index (χ3n) is 3.82. The lowest BCUT2D eigenvalue weighted by Crippen LogP contribution is -2.47. The smallest absolute Gasteiger partial charge is 0.355 e. The Kier molecular flexibility index (Phi) is 5.45. The lowest BCUT2D eigenvalue weighted by molar-refractivity contribution is -0.137. The van der Waals surface area contributed by atoms with E-state index in [9.17, 15) is 18.0 Å². The molecule has 2 N–H and O–H groups in total. The van der Waals surface area contributed by atoms with Crippen LogP contribution in [-0.4, -0.2) is 24.5 Å². The molecule has 1 heterocycles. The van der Waals surface area contributed by atoms with Crippen LogP contribution in [0.2, 0.25) is 0 Å². The van der Waals surface area contributed by atoms with Crippen molar-refractivity contribution in [3.63, 3.8) is 0 Å². The maximum atomic E-state index is 12.7. The first-order chi connectivity index (χ1) is 10.4. The van der Waals surface area contributed by atoms with E-state index in [0.29, 0.717) is 18.5 Å². The number of halogens is 3. The number of alkyl halides is 3. The van der Waals surface area contributed by atoms with Crippen molar-refractivity contribution in [2.45, 2.75) is 50.9 Å². The summed E-state index contributed by atoms with van der Waals surface area (Å²) in [5, 5.41) is 6.06. The van der Waals surface area contributed by atoms with E-state index in [-0.39, 0.29) is 18.0 Å². The topological polar surface area (TPSA) is 41.1 Å². The summed E-state index contributed by atoms with van der Waals surface area (Å²) >= 11 is 0. The number of rotatable bonds is 4. The first-order valence-electron chi connectivity index (χ1n) is 7.56. The molecule has 1 amide bonds. The normalized spacial score (nSPS) is 21.1. The van der Waals surface area contributed by atoms with Crippen molar-refractivity contribution >= 4 is 5.91 Å². The number of hydrogen-bond acceptors (Lipinski definition) is 2. The van der Waals surface area contributed by atoms with Gasteiger partial charge in [0.2, 0.25) is 5.91 Å². The van der Waals surface area contributed by atoms with E-state index in [0.717, 1.165) is 25.3 Å². The molecule has 1 aliphatic heterocycles. The largest absolute Gasteiger partial charge is 0.416 e. The van der Waals surface area contributed by atoms with Gasteiger partial charge >= 0.3 is 6.18 Å². The standard InChI is InChI=1S/C16H21F3N2O/c1-11(21-14-7-2-3-8-20-15(14)22)9-12-5-4-6-13(10-12)16(17,18)19/h4-6,10-11,14,21H,2-3,7-9H2,1H3,(H,20,22)/t11-,14-/m1/s1. The van der Waals surface area contributed by atoms with Gasteiger partial charge in [-0.3, -0.25) is 4.79 Å². The molecule has 1 fully saturated rings. The fourth-order valence-electron chi connectivity index (χ4n) is 2.73. The highest BCUT2D eigenvalue weighted by Gasteiger charge is 2.30. The van der Waals surface area contributed by atoms with Gasteiger partial charge in [0.1, 0.15) is 0 Å². The fourth-order valence-corrected chi connectivity index (χ4v) is 2.73. The molecule has 0 radical (unpaired) electrons. The van der Waals surface area contributed by atoms with Gasteiger partial charge in [0, 0.05) is 12.6 Å². The minimum Gasteiger partial charge on any atom is -0.355 e. The van der Waals surface area contributed by atoms with E-state index in [2.05, 4.69) is 10.6 Å². The van der Waals surface area contributed by atoms with Crippen LogP contribution in [-0.2, 0) is 17.4 Å². The van der Waals surface area contributed by atoms with Crippen molar-refractivity contribution in [2.24, 2.45) is 0 Å². The average molecular weight is 314 g/mol. The number of benzene rings is 1. The summed E-state index contributed by atoms with van der Waals surface area (Å²) in [6.07, 6.45) is -1.18. The van der Waals surface area contributed by atoms with Crippen molar-refractivity contribution in [3.8, 4) is 0 Å². The minimum absolute atomic E-state index is 0.0200. The molecule has 0 aromatic heterocycles. The SMILES string of the molecule is C[C@H](Cc1cccc(C(F)(F)F)c1)N[C@@H]1CCCCNC1=O. The third-order valence-corrected chi connectivity index (χ3v) is 3.82. The Morgan fingerprint density at radius 3 is 2.86 bits per heavy atom. The Balaban J connectivity index is 1.96. The van der Waals surface area contributed by atoms with Crippen molar-refractivity contribution in [1.29, 1.82) is 0 Å². The zero-order chi connectivity index (χ0) is 16.2. The molecule has 0 aliphatic carbocycles. The summed E-state index contributed by atoms with van der Waals surface area (Å²) in [5.41, 5.74) is -0.0201. The highest BCUT2D eigenvalue weighted by Crippen LogP contribution is 2.29. The molecule has 0 saturated carbocycles. The maximum absolute atomic E-state index is 12.7. The molecule has 1 aliphatic rings. The Labute approximate surface area is 128 Å². The summed E-state index contributed by atoms with van der Waals surface area (Å²) in [5.74, 6) is -0.0200. The first kappa shape index (κ1) is 16.8. The second-order valence-electron chi connectivity index (χ2n) is 5.81. The Morgan fingerprint density at radius 2 is 2.14 bits per heavy atom. The predicted octanol–water partition coefficient (Wildman–Crippen LogP) is 2.89. The number of carbonyl (C=O) groups is 1. The van der Waals surface area contributed by atoms with Crippen LogP contribution in [0.15, 0.2) is 24.3 Å². The molecular formula is C16H21F3N2O. The zero-order valence-corrected chi connectivity index (χ0v) is 12.5. The maximum Gasteiger partial charge on any atom is 0.416 e. The first-order valence-corrected chi connectivity index (χ1v) is 7.56. The fraction of sp³-hybridized carbons (Fsp3) is 0.562. The monoisotopic (exact) mass is 314 g/mol. The molecule has 3 nitrogen and oxygen atoms in total. The summed E-state index contributed by atoms with van der Waals surface area (Å²) in [7, 11) is 0. The quantitative estimate of drug-likeness (QED) is 0.897. The minimum atomic E-state index is -4.33. The molecule has 0 bridgehead atoms. The number of nitrogens with one attached hydrogen (secondary N) is 2. The Morgan fingerprint density at radius 1 is 1.36 bits per heavy atom. The summed E-state index contributed by atoms with van der Waals surface area (Å²) in [6, 6.07) is 5.01. The van der Waals surface area contributed by atoms with Crippen LogP contribution in [0.5, 0.6) is 0 Å². The van der Waals surface area contributed by atoms with E-state index in [1.165, 1.54) is 12.1 Å². The van der Waals surface area contributed by atoms with Gasteiger partial charge in [-0.15, -0.1) is 0 Å². The second kappa shape index (κ2) is 7.13. The molecule has 0 unspecified atom stereocenters. The molecule has 1 aromatic carbocycles. The number of hydrogen-bond donors (Lipinski definition) is 2. The highest BCUT2D eigenvalue weighted by molar-refractivity contribution is 5.81. The van der Waals surface area contributed by atoms with Gasteiger partial charge < -0.3 is 10.6 Å². The predicted molar refractivity (Wildman–Crippen MR) is 78.4 cm³/mol. The average Bonchev–Trinajstić information content (AvgIpc) is 2.63. The van der Waals surface area contributed by atoms with E-state index < -0.39 is 11.7 Å². The number of carbonyl (C=O) groups excluding carboxylic acids is 1.